The van der Waals surface area contributed by atoms with Crippen LogP contribution in [-0.4, -0.2) is 48.8 Å². The summed E-state index contributed by atoms with van der Waals surface area (Å²) in [5, 5.41) is 12.8. The van der Waals surface area contributed by atoms with Gasteiger partial charge in [-0.15, -0.1) is 0 Å². The molecule has 0 amide bonds. The summed E-state index contributed by atoms with van der Waals surface area (Å²) < 4.78 is 0. The molecular weight excluding hydrogens is 188 g/mol. The summed E-state index contributed by atoms with van der Waals surface area (Å²) in [5.74, 6) is 0.782. The van der Waals surface area contributed by atoms with Gasteiger partial charge in [0.25, 0.3) is 0 Å². The number of nitrogens with zero attached hydrogens (tertiary/aromatic N) is 1. The van der Waals surface area contributed by atoms with Crippen molar-refractivity contribution >= 4 is 0 Å². The first kappa shape index (κ1) is 12.9. The Morgan fingerprint density at radius 2 is 2.33 bits per heavy atom. The minimum Gasteiger partial charge on any atom is -0.392 e. The second kappa shape index (κ2) is 7.20. The molecule has 1 fully saturated rings. The number of nitrogens with one attached hydrogen (secondary N) is 1. The lowest BCUT2D eigenvalue weighted by atomic mass is 9.98. The van der Waals surface area contributed by atoms with E-state index in [0.29, 0.717) is 0 Å². The van der Waals surface area contributed by atoms with Gasteiger partial charge in [0.15, 0.2) is 0 Å². The van der Waals surface area contributed by atoms with Crippen molar-refractivity contribution in [1.29, 1.82) is 0 Å². The van der Waals surface area contributed by atoms with Gasteiger partial charge in [0.2, 0.25) is 0 Å². The Labute approximate surface area is 93.9 Å². The first-order valence-electron chi connectivity index (χ1n) is 6.33. The normalized spacial score (nSPS) is 25.4. The van der Waals surface area contributed by atoms with Crippen LogP contribution in [-0.2, 0) is 0 Å². The maximum Gasteiger partial charge on any atom is 0.0639 e. The molecule has 0 radical (unpaired) electrons. The third kappa shape index (κ3) is 5.50. The SMILES string of the molecule is CCCNCC1CCCN(CC(C)O)C1. The molecule has 0 aliphatic carbocycles. The second-order valence-corrected chi connectivity index (χ2v) is 4.82. The smallest absolute Gasteiger partial charge is 0.0639 e. The number of rotatable bonds is 6. The molecule has 3 nitrogen and oxygen atoms in total. The van der Waals surface area contributed by atoms with Crippen molar-refractivity contribution in [3.8, 4) is 0 Å². The second-order valence-electron chi connectivity index (χ2n) is 4.82. The maximum absolute atomic E-state index is 9.35. The minimum atomic E-state index is -0.188. The van der Waals surface area contributed by atoms with Crippen molar-refractivity contribution in [1.82, 2.24) is 10.2 Å². The molecule has 1 aliphatic rings. The fourth-order valence-electron chi connectivity index (χ4n) is 2.34. The van der Waals surface area contributed by atoms with Gasteiger partial charge in [0, 0.05) is 13.1 Å². The molecule has 0 aromatic carbocycles. The van der Waals surface area contributed by atoms with Crippen molar-refractivity contribution < 1.29 is 5.11 Å². The highest BCUT2D eigenvalue weighted by Crippen LogP contribution is 2.15. The standard InChI is InChI=1S/C12H26N2O/c1-3-6-13-8-12-5-4-7-14(10-12)9-11(2)15/h11-13,15H,3-10H2,1-2H3. The minimum absolute atomic E-state index is 0.188. The molecule has 2 unspecified atom stereocenters. The lowest BCUT2D eigenvalue weighted by Gasteiger charge is -2.33. The zero-order chi connectivity index (χ0) is 11.1. The van der Waals surface area contributed by atoms with Gasteiger partial charge in [-0.3, -0.25) is 0 Å². The van der Waals surface area contributed by atoms with E-state index in [4.69, 9.17) is 0 Å². The molecule has 3 heteroatoms. The van der Waals surface area contributed by atoms with Crippen molar-refractivity contribution in [2.45, 2.75) is 39.2 Å². The van der Waals surface area contributed by atoms with E-state index in [1.807, 2.05) is 6.92 Å². The molecule has 1 aliphatic heterocycles. The molecule has 2 atom stereocenters. The number of hydrogen-bond acceptors (Lipinski definition) is 3. The summed E-state index contributed by atoms with van der Waals surface area (Å²) in [7, 11) is 0. The van der Waals surface area contributed by atoms with E-state index >= 15 is 0 Å². The molecule has 1 saturated heterocycles. The zero-order valence-corrected chi connectivity index (χ0v) is 10.2. The maximum atomic E-state index is 9.35. The fraction of sp³-hybridized carbons (Fsp3) is 1.00. The highest BCUT2D eigenvalue weighted by molar-refractivity contribution is 4.75. The highest BCUT2D eigenvalue weighted by Gasteiger charge is 2.19. The quantitative estimate of drug-likeness (QED) is 0.650. The van der Waals surface area contributed by atoms with Crippen LogP contribution >= 0.6 is 0 Å². The van der Waals surface area contributed by atoms with E-state index in [1.54, 1.807) is 0 Å². The first-order chi connectivity index (χ1) is 7.22. The molecule has 1 rings (SSSR count). The third-order valence-electron chi connectivity index (χ3n) is 2.99. The summed E-state index contributed by atoms with van der Waals surface area (Å²) in [6.07, 6.45) is 3.65. The van der Waals surface area contributed by atoms with Crippen LogP contribution in [0.2, 0.25) is 0 Å². The van der Waals surface area contributed by atoms with Crippen LogP contribution in [0.5, 0.6) is 0 Å². The number of piperidine rings is 1. The van der Waals surface area contributed by atoms with Crippen LogP contribution in [0.4, 0.5) is 0 Å². The lowest BCUT2D eigenvalue weighted by Crippen LogP contribution is -2.42. The molecule has 0 saturated carbocycles. The van der Waals surface area contributed by atoms with Crippen molar-refractivity contribution in [2.24, 2.45) is 5.92 Å². The summed E-state index contributed by atoms with van der Waals surface area (Å²) in [5.41, 5.74) is 0. The topological polar surface area (TPSA) is 35.5 Å². The molecule has 15 heavy (non-hydrogen) atoms. The van der Waals surface area contributed by atoms with E-state index in [-0.39, 0.29) is 6.10 Å². The van der Waals surface area contributed by atoms with E-state index in [2.05, 4.69) is 17.1 Å². The van der Waals surface area contributed by atoms with Gasteiger partial charge < -0.3 is 15.3 Å². The number of likely N-dealkylation sites (tertiary alicyclic amines) is 1. The molecular formula is C12H26N2O. The number of aliphatic hydroxyl groups excluding tert-OH is 1. The predicted octanol–water partition coefficient (Wildman–Crippen LogP) is 1.08. The van der Waals surface area contributed by atoms with E-state index < -0.39 is 0 Å². The molecule has 1 heterocycles. The van der Waals surface area contributed by atoms with Gasteiger partial charge in [0.05, 0.1) is 6.10 Å². The molecule has 0 aromatic rings. The van der Waals surface area contributed by atoms with Crippen LogP contribution in [0.3, 0.4) is 0 Å². The lowest BCUT2D eigenvalue weighted by molar-refractivity contribution is 0.0945. The number of aliphatic hydroxyl groups is 1. The van der Waals surface area contributed by atoms with Gasteiger partial charge in [-0.1, -0.05) is 6.92 Å². The predicted molar refractivity (Wildman–Crippen MR) is 64.0 cm³/mol. The Morgan fingerprint density at radius 3 is 3.00 bits per heavy atom. The third-order valence-corrected chi connectivity index (χ3v) is 2.99. The Kier molecular flexibility index (Phi) is 6.22. The van der Waals surface area contributed by atoms with Crippen LogP contribution in [0.15, 0.2) is 0 Å². The Bertz CT molecular complexity index is 162. The molecule has 0 spiro atoms. The summed E-state index contributed by atoms with van der Waals surface area (Å²) in [6.45, 7) is 9.50. The molecule has 2 N–H and O–H groups in total. The van der Waals surface area contributed by atoms with Crippen molar-refractivity contribution in [3.63, 3.8) is 0 Å². The number of hydrogen-bond donors (Lipinski definition) is 2. The van der Waals surface area contributed by atoms with Gasteiger partial charge in [0.1, 0.15) is 0 Å². The molecule has 90 valence electrons. The van der Waals surface area contributed by atoms with E-state index in [9.17, 15) is 5.11 Å². The largest absolute Gasteiger partial charge is 0.392 e. The fourth-order valence-corrected chi connectivity index (χ4v) is 2.34. The summed E-state index contributed by atoms with van der Waals surface area (Å²) >= 11 is 0. The van der Waals surface area contributed by atoms with Crippen molar-refractivity contribution in [2.75, 3.05) is 32.7 Å². The average Bonchev–Trinajstić information content (AvgIpc) is 2.18. The van der Waals surface area contributed by atoms with E-state index in [1.165, 1.54) is 19.3 Å². The zero-order valence-electron chi connectivity index (χ0n) is 10.2. The summed E-state index contributed by atoms with van der Waals surface area (Å²) in [4.78, 5) is 2.40. The van der Waals surface area contributed by atoms with Gasteiger partial charge in [-0.25, -0.2) is 0 Å². The monoisotopic (exact) mass is 214 g/mol. The first-order valence-corrected chi connectivity index (χ1v) is 6.33. The van der Waals surface area contributed by atoms with Crippen molar-refractivity contribution in [3.05, 3.63) is 0 Å². The van der Waals surface area contributed by atoms with Gasteiger partial charge in [-0.2, -0.15) is 0 Å². The van der Waals surface area contributed by atoms with Crippen LogP contribution in [0.1, 0.15) is 33.1 Å². The van der Waals surface area contributed by atoms with E-state index in [0.717, 1.165) is 38.6 Å². The Balaban J connectivity index is 2.17. The van der Waals surface area contributed by atoms with Crippen LogP contribution in [0.25, 0.3) is 0 Å². The van der Waals surface area contributed by atoms with Crippen LogP contribution < -0.4 is 5.32 Å². The summed E-state index contributed by atoms with van der Waals surface area (Å²) in [6, 6.07) is 0. The average molecular weight is 214 g/mol. The van der Waals surface area contributed by atoms with Gasteiger partial charge in [-0.05, 0) is 51.7 Å². The molecule has 0 aromatic heterocycles. The Morgan fingerprint density at radius 1 is 1.53 bits per heavy atom. The highest BCUT2D eigenvalue weighted by atomic mass is 16.3. The Hall–Kier alpha value is -0.120. The van der Waals surface area contributed by atoms with Gasteiger partial charge >= 0.3 is 0 Å². The van der Waals surface area contributed by atoms with Crippen LogP contribution in [0, 0.1) is 5.92 Å². The molecule has 0 bridgehead atoms. The number of β-amino-alcohol motifs (C(OH)–C–C–N with tert-alkyl or cyclic N) is 1.